The van der Waals surface area contributed by atoms with E-state index in [1.54, 1.807) is 48.1 Å². The number of hydrogen-bond acceptors (Lipinski definition) is 4. The van der Waals surface area contributed by atoms with E-state index in [-0.39, 0.29) is 11.3 Å². The van der Waals surface area contributed by atoms with Crippen molar-refractivity contribution < 1.29 is 9.84 Å². The average molecular weight is 370 g/mol. The molecular weight excluding hydrogens is 352 g/mol. The summed E-state index contributed by atoms with van der Waals surface area (Å²) >= 11 is 0. The van der Waals surface area contributed by atoms with E-state index in [9.17, 15) is 9.90 Å². The van der Waals surface area contributed by atoms with Crippen molar-refractivity contribution in [2.45, 2.75) is 0 Å². The first kappa shape index (κ1) is 17.5. The molecule has 0 radical (unpaired) electrons. The molecule has 0 amide bonds. The zero-order valence-corrected chi connectivity index (χ0v) is 15.2. The maximum atomic E-state index is 13.1. The fraction of sp³-hybridized carbons (Fsp3) is 0.0435. The van der Waals surface area contributed by atoms with Crippen molar-refractivity contribution in [1.29, 1.82) is 0 Å². The zero-order chi connectivity index (χ0) is 19.5. The Kier molecular flexibility index (Phi) is 4.64. The van der Waals surface area contributed by atoms with Crippen LogP contribution < -0.4 is 10.3 Å². The van der Waals surface area contributed by atoms with Gasteiger partial charge in [0, 0.05) is 5.56 Å². The highest BCUT2D eigenvalue weighted by Gasteiger charge is 2.11. The van der Waals surface area contributed by atoms with E-state index in [1.165, 1.54) is 0 Å². The molecule has 0 aliphatic rings. The summed E-state index contributed by atoms with van der Waals surface area (Å²) in [5, 5.41) is 10.7. The topological polar surface area (TPSA) is 64.3 Å². The molecule has 5 heteroatoms. The Morgan fingerprint density at radius 2 is 1.71 bits per heavy atom. The number of phenols is 1. The maximum Gasteiger partial charge on any atom is 0.266 e. The second-order valence-corrected chi connectivity index (χ2v) is 6.22. The Balaban J connectivity index is 1.92. The lowest BCUT2D eigenvalue weighted by atomic mass is 10.1. The first-order valence-electron chi connectivity index (χ1n) is 8.79. The minimum Gasteiger partial charge on any atom is -0.507 e. The van der Waals surface area contributed by atoms with Gasteiger partial charge in [-0.3, -0.25) is 9.36 Å². The molecule has 0 saturated carbocycles. The Morgan fingerprint density at radius 1 is 0.964 bits per heavy atom. The summed E-state index contributed by atoms with van der Waals surface area (Å²) in [6, 6.07) is 21.6. The van der Waals surface area contributed by atoms with Crippen molar-refractivity contribution in [3.05, 3.63) is 94.5 Å². The van der Waals surface area contributed by atoms with Crippen LogP contribution in [-0.2, 0) is 0 Å². The van der Waals surface area contributed by atoms with Gasteiger partial charge in [0.1, 0.15) is 17.3 Å². The van der Waals surface area contributed by atoms with Gasteiger partial charge in [0.2, 0.25) is 0 Å². The quantitative estimate of drug-likeness (QED) is 0.583. The number of benzene rings is 3. The standard InChI is InChI=1S/C23H18N2O3/c1-28-18-12-13-21(26)16(15-18)11-14-22-24-20-10-6-5-9-19(20)23(27)25(22)17-7-3-2-4-8-17/h2-15,26H,1H3. The summed E-state index contributed by atoms with van der Waals surface area (Å²) in [7, 11) is 1.57. The van der Waals surface area contributed by atoms with Gasteiger partial charge >= 0.3 is 0 Å². The largest absolute Gasteiger partial charge is 0.507 e. The van der Waals surface area contributed by atoms with Crippen LogP contribution in [0.1, 0.15) is 11.4 Å². The van der Waals surface area contributed by atoms with Gasteiger partial charge in [-0.15, -0.1) is 0 Å². The van der Waals surface area contributed by atoms with Crippen LogP contribution in [0.5, 0.6) is 11.5 Å². The molecule has 0 unspecified atom stereocenters. The van der Waals surface area contributed by atoms with Crippen molar-refractivity contribution in [3.63, 3.8) is 0 Å². The van der Waals surface area contributed by atoms with Crippen LogP contribution in [0, 0.1) is 0 Å². The Bertz CT molecular complexity index is 1230. The van der Waals surface area contributed by atoms with E-state index in [1.807, 2.05) is 48.5 Å². The third-order valence-electron chi connectivity index (χ3n) is 4.46. The average Bonchev–Trinajstić information content (AvgIpc) is 2.74. The molecule has 0 fully saturated rings. The van der Waals surface area contributed by atoms with Crippen molar-refractivity contribution in [2.75, 3.05) is 7.11 Å². The molecule has 0 bridgehead atoms. The first-order valence-corrected chi connectivity index (χ1v) is 8.79. The van der Waals surface area contributed by atoms with Crippen LogP contribution in [0.4, 0.5) is 0 Å². The number of methoxy groups -OCH3 is 1. The van der Waals surface area contributed by atoms with Gasteiger partial charge in [-0.2, -0.15) is 0 Å². The van der Waals surface area contributed by atoms with Crippen molar-refractivity contribution in [1.82, 2.24) is 9.55 Å². The van der Waals surface area contributed by atoms with E-state index in [0.29, 0.717) is 28.0 Å². The molecule has 1 N–H and O–H groups in total. The lowest BCUT2D eigenvalue weighted by Gasteiger charge is -2.11. The smallest absolute Gasteiger partial charge is 0.266 e. The molecule has 28 heavy (non-hydrogen) atoms. The first-order chi connectivity index (χ1) is 13.7. The van der Waals surface area contributed by atoms with Crippen LogP contribution >= 0.6 is 0 Å². The third kappa shape index (κ3) is 3.25. The fourth-order valence-electron chi connectivity index (χ4n) is 3.05. The number of ether oxygens (including phenoxy) is 1. The molecule has 0 spiro atoms. The van der Waals surface area contributed by atoms with Gasteiger partial charge in [-0.05, 0) is 54.6 Å². The van der Waals surface area contributed by atoms with Crippen molar-refractivity contribution in [3.8, 4) is 17.2 Å². The van der Waals surface area contributed by atoms with E-state index in [2.05, 4.69) is 4.98 Å². The SMILES string of the molecule is COc1ccc(O)c(C=Cc2nc3ccccc3c(=O)n2-c2ccccc2)c1. The molecule has 5 nitrogen and oxygen atoms in total. The fourth-order valence-corrected chi connectivity index (χ4v) is 3.05. The second-order valence-electron chi connectivity index (χ2n) is 6.22. The molecular formula is C23H18N2O3. The molecule has 3 aromatic carbocycles. The van der Waals surface area contributed by atoms with Crippen LogP contribution in [0.25, 0.3) is 28.7 Å². The lowest BCUT2D eigenvalue weighted by molar-refractivity contribution is 0.412. The van der Waals surface area contributed by atoms with Gasteiger partial charge in [-0.1, -0.05) is 30.3 Å². The van der Waals surface area contributed by atoms with Gasteiger partial charge in [-0.25, -0.2) is 4.98 Å². The minimum atomic E-state index is -0.147. The zero-order valence-electron chi connectivity index (χ0n) is 15.2. The number of fused-ring (bicyclic) bond motifs is 1. The number of aromatic nitrogens is 2. The highest BCUT2D eigenvalue weighted by molar-refractivity contribution is 5.80. The van der Waals surface area contributed by atoms with Gasteiger partial charge in [0.25, 0.3) is 5.56 Å². The van der Waals surface area contributed by atoms with Crippen molar-refractivity contribution in [2.24, 2.45) is 0 Å². The van der Waals surface area contributed by atoms with E-state index in [0.717, 1.165) is 5.69 Å². The second kappa shape index (κ2) is 7.40. The summed E-state index contributed by atoms with van der Waals surface area (Å²) in [6.45, 7) is 0. The predicted molar refractivity (Wildman–Crippen MR) is 111 cm³/mol. The molecule has 0 aliphatic carbocycles. The number of aromatic hydroxyl groups is 1. The van der Waals surface area contributed by atoms with E-state index in [4.69, 9.17) is 4.74 Å². The van der Waals surface area contributed by atoms with Crippen molar-refractivity contribution >= 4 is 23.1 Å². The number of hydrogen-bond donors (Lipinski definition) is 1. The molecule has 0 aliphatic heterocycles. The molecule has 4 rings (SSSR count). The maximum absolute atomic E-state index is 13.1. The number of phenolic OH excluding ortho intramolecular Hbond substituents is 1. The molecule has 0 saturated heterocycles. The summed E-state index contributed by atoms with van der Waals surface area (Å²) in [4.78, 5) is 17.8. The summed E-state index contributed by atoms with van der Waals surface area (Å²) in [5.74, 6) is 1.22. The normalized spacial score (nSPS) is 11.2. The summed E-state index contributed by atoms with van der Waals surface area (Å²) < 4.78 is 6.78. The predicted octanol–water partition coefficient (Wildman–Crippen LogP) is 4.27. The molecule has 138 valence electrons. The number of nitrogens with zero attached hydrogens (tertiary/aromatic N) is 2. The van der Waals surface area contributed by atoms with E-state index < -0.39 is 0 Å². The Hall–Kier alpha value is -3.86. The molecule has 4 aromatic rings. The number of para-hydroxylation sites is 2. The van der Waals surface area contributed by atoms with Gasteiger partial charge in [0.05, 0.1) is 23.7 Å². The number of rotatable bonds is 4. The van der Waals surface area contributed by atoms with Crippen LogP contribution in [0.3, 0.4) is 0 Å². The monoisotopic (exact) mass is 370 g/mol. The third-order valence-corrected chi connectivity index (χ3v) is 4.46. The van der Waals surface area contributed by atoms with E-state index >= 15 is 0 Å². The van der Waals surface area contributed by atoms with Crippen LogP contribution in [-0.4, -0.2) is 21.8 Å². The molecule has 1 heterocycles. The highest BCUT2D eigenvalue weighted by Crippen LogP contribution is 2.25. The Morgan fingerprint density at radius 3 is 2.50 bits per heavy atom. The van der Waals surface area contributed by atoms with Crippen LogP contribution in [0.15, 0.2) is 77.6 Å². The molecule has 0 atom stereocenters. The highest BCUT2D eigenvalue weighted by atomic mass is 16.5. The minimum absolute atomic E-state index is 0.117. The lowest BCUT2D eigenvalue weighted by Crippen LogP contribution is -2.22. The van der Waals surface area contributed by atoms with Crippen LogP contribution in [0.2, 0.25) is 0 Å². The Labute approximate surface area is 161 Å². The van der Waals surface area contributed by atoms with Gasteiger partial charge < -0.3 is 9.84 Å². The summed E-state index contributed by atoms with van der Waals surface area (Å²) in [6.07, 6.45) is 3.43. The summed E-state index contributed by atoms with van der Waals surface area (Å²) in [5.41, 5.74) is 1.77. The van der Waals surface area contributed by atoms with Gasteiger partial charge in [0.15, 0.2) is 0 Å². The molecule has 1 aromatic heterocycles.